The molecule has 2 aromatic rings. The maximum Gasteiger partial charge on any atom is 0.287 e. The fourth-order valence-corrected chi connectivity index (χ4v) is 3.48. The van der Waals surface area contributed by atoms with Crippen LogP contribution in [0.1, 0.15) is 43.6 Å². The molecule has 0 aliphatic carbocycles. The summed E-state index contributed by atoms with van der Waals surface area (Å²) < 4.78 is 15.0. The molecule has 7 nitrogen and oxygen atoms in total. The maximum atomic E-state index is 12.2. The highest BCUT2D eigenvalue weighted by Crippen LogP contribution is 2.31. The van der Waals surface area contributed by atoms with Crippen molar-refractivity contribution in [1.29, 1.82) is 0 Å². The standard InChI is InChI=1S/C16H22N4O3S/c1-15(2,22-4)13-17-14(24-19-13)20-8-7-16(3,10-20)18-12(21)11-6-5-9-23-11/h5-6,9H,7-8,10H2,1-4H3,(H,18,21). The van der Waals surface area contributed by atoms with E-state index >= 15 is 0 Å². The van der Waals surface area contributed by atoms with Gasteiger partial charge in [0.15, 0.2) is 11.6 Å². The third kappa shape index (κ3) is 3.29. The van der Waals surface area contributed by atoms with Crippen LogP contribution in [0.15, 0.2) is 22.8 Å². The molecular formula is C16H22N4O3S. The molecule has 1 N–H and O–H groups in total. The quantitative estimate of drug-likeness (QED) is 0.892. The average molecular weight is 350 g/mol. The van der Waals surface area contributed by atoms with Crippen LogP contribution in [0, 0.1) is 0 Å². The summed E-state index contributed by atoms with van der Waals surface area (Å²) in [6.45, 7) is 7.42. The summed E-state index contributed by atoms with van der Waals surface area (Å²) in [5.74, 6) is 0.816. The molecule has 0 aromatic carbocycles. The number of methoxy groups -OCH3 is 1. The van der Waals surface area contributed by atoms with Crippen molar-refractivity contribution in [2.45, 2.75) is 38.3 Å². The molecule has 1 aliphatic rings. The first kappa shape index (κ1) is 16.9. The normalized spacial score (nSPS) is 21.2. The van der Waals surface area contributed by atoms with Crippen LogP contribution in [0.2, 0.25) is 0 Å². The summed E-state index contributed by atoms with van der Waals surface area (Å²) in [6.07, 6.45) is 2.33. The second kappa shape index (κ2) is 6.18. The van der Waals surface area contributed by atoms with Crippen molar-refractivity contribution >= 4 is 22.6 Å². The van der Waals surface area contributed by atoms with E-state index in [0.29, 0.717) is 18.1 Å². The van der Waals surface area contributed by atoms with Crippen molar-refractivity contribution in [1.82, 2.24) is 14.7 Å². The van der Waals surface area contributed by atoms with Crippen LogP contribution >= 0.6 is 11.5 Å². The number of carbonyl (C=O) groups is 1. The molecule has 130 valence electrons. The minimum atomic E-state index is -0.509. The van der Waals surface area contributed by atoms with Crippen LogP contribution in [0.3, 0.4) is 0 Å². The Balaban J connectivity index is 1.67. The zero-order valence-electron chi connectivity index (χ0n) is 14.3. The Labute approximate surface area is 145 Å². The van der Waals surface area contributed by atoms with E-state index in [4.69, 9.17) is 9.15 Å². The van der Waals surface area contributed by atoms with E-state index in [1.54, 1.807) is 19.2 Å². The molecular weight excluding hydrogens is 328 g/mol. The minimum absolute atomic E-state index is 0.192. The minimum Gasteiger partial charge on any atom is -0.459 e. The second-order valence-electron chi connectivity index (χ2n) is 6.78. The number of hydrogen-bond acceptors (Lipinski definition) is 7. The topological polar surface area (TPSA) is 80.5 Å². The Kier molecular flexibility index (Phi) is 4.35. The Hall–Kier alpha value is -1.93. The monoisotopic (exact) mass is 350 g/mol. The van der Waals surface area contributed by atoms with E-state index in [0.717, 1.165) is 18.1 Å². The number of anilines is 1. The second-order valence-corrected chi connectivity index (χ2v) is 7.51. The van der Waals surface area contributed by atoms with Gasteiger partial charge in [-0.1, -0.05) is 0 Å². The van der Waals surface area contributed by atoms with Gasteiger partial charge in [-0.2, -0.15) is 4.37 Å². The number of nitrogens with zero attached hydrogens (tertiary/aromatic N) is 3. The lowest BCUT2D eigenvalue weighted by molar-refractivity contribution is 0.0125. The molecule has 8 heteroatoms. The SMILES string of the molecule is COC(C)(C)c1nsc(N2CCC(C)(NC(=O)c3ccco3)C2)n1. The van der Waals surface area contributed by atoms with E-state index < -0.39 is 5.60 Å². The van der Waals surface area contributed by atoms with Gasteiger partial charge in [-0.25, -0.2) is 4.98 Å². The van der Waals surface area contributed by atoms with E-state index in [1.165, 1.54) is 17.8 Å². The maximum absolute atomic E-state index is 12.2. The molecule has 1 unspecified atom stereocenters. The lowest BCUT2D eigenvalue weighted by Crippen LogP contribution is -2.47. The van der Waals surface area contributed by atoms with Crippen molar-refractivity contribution in [3.05, 3.63) is 30.0 Å². The number of furan rings is 1. The molecule has 1 atom stereocenters. The fraction of sp³-hybridized carbons (Fsp3) is 0.562. The van der Waals surface area contributed by atoms with Crippen LogP contribution in [-0.4, -0.2) is 41.0 Å². The Morgan fingerprint density at radius 3 is 3.00 bits per heavy atom. The number of rotatable bonds is 5. The first-order chi connectivity index (χ1) is 11.3. The predicted octanol–water partition coefficient (Wildman–Crippen LogP) is 2.41. The molecule has 1 fully saturated rings. The summed E-state index contributed by atoms with van der Waals surface area (Å²) >= 11 is 1.36. The van der Waals surface area contributed by atoms with Crippen molar-refractivity contribution < 1.29 is 13.9 Å². The molecule has 2 aromatic heterocycles. The van der Waals surface area contributed by atoms with Gasteiger partial charge in [0.1, 0.15) is 5.60 Å². The van der Waals surface area contributed by atoms with Crippen molar-refractivity contribution in [2.75, 3.05) is 25.1 Å². The van der Waals surface area contributed by atoms with Gasteiger partial charge < -0.3 is 19.4 Å². The van der Waals surface area contributed by atoms with Crippen LogP contribution in [0.25, 0.3) is 0 Å². The molecule has 1 aliphatic heterocycles. The van der Waals surface area contributed by atoms with Crippen LogP contribution in [0.4, 0.5) is 5.13 Å². The van der Waals surface area contributed by atoms with Gasteiger partial charge in [-0.05, 0) is 39.3 Å². The molecule has 0 radical (unpaired) electrons. The number of nitrogens with one attached hydrogen (secondary N) is 1. The number of carbonyl (C=O) groups excluding carboxylic acids is 1. The zero-order valence-corrected chi connectivity index (χ0v) is 15.1. The third-order valence-corrected chi connectivity index (χ3v) is 5.15. The van der Waals surface area contributed by atoms with Gasteiger partial charge >= 0.3 is 0 Å². The Bertz CT molecular complexity index is 713. The van der Waals surface area contributed by atoms with E-state index in [9.17, 15) is 4.79 Å². The summed E-state index contributed by atoms with van der Waals surface area (Å²) in [5.41, 5.74) is -0.836. The largest absolute Gasteiger partial charge is 0.459 e. The summed E-state index contributed by atoms with van der Waals surface area (Å²) in [4.78, 5) is 19.0. The number of aromatic nitrogens is 2. The van der Waals surface area contributed by atoms with E-state index in [1.807, 2.05) is 20.8 Å². The summed E-state index contributed by atoms with van der Waals surface area (Å²) in [6, 6.07) is 3.37. The average Bonchev–Trinajstić information content (AvgIpc) is 3.27. The van der Waals surface area contributed by atoms with Gasteiger partial charge in [0.25, 0.3) is 5.91 Å². The molecule has 24 heavy (non-hydrogen) atoms. The fourth-order valence-electron chi connectivity index (χ4n) is 2.65. The number of hydrogen-bond donors (Lipinski definition) is 1. The van der Waals surface area contributed by atoms with Crippen LogP contribution in [0.5, 0.6) is 0 Å². The molecule has 0 saturated carbocycles. The van der Waals surface area contributed by atoms with Gasteiger partial charge in [-0.3, -0.25) is 4.79 Å². The third-order valence-electron chi connectivity index (χ3n) is 4.37. The van der Waals surface area contributed by atoms with Crippen molar-refractivity contribution in [3.63, 3.8) is 0 Å². The lowest BCUT2D eigenvalue weighted by Gasteiger charge is -2.25. The predicted molar refractivity (Wildman–Crippen MR) is 91.4 cm³/mol. The highest BCUT2D eigenvalue weighted by Gasteiger charge is 2.37. The van der Waals surface area contributed by atoms with Gasteiger partial charge in [0.05, 0.1) is 11.8 Å². The lowest BCUT2D eigenvalue weighted by atomic mass is 10.0. The first-order valence-electron chi connectivity index (χ1n) is 7.83. The molecule has 3 heterocycles. The first-order valence-corrected chi connectivity index (χ1v) is 8.61. The van der Waals surface area contributed by atoms with E-state index in [2.05, 4.69) is 19.6 Å². The molecule has 1 saturated heterocycles. The zero-order chi connectivity index (χ0) is 17.4. The molecule has 0 spiro atoms. The number of ether oxygens (including phenoxy) is 1. The molecule has 0 bridgehead atoms. The highest BCUT2D eigenvalue weighted by molar-refractivity contribution is 7.09. The van der Waals surface area contributed by atoms with E-state index in [-0.39, 0.29) is 11.4 Å². The molecule has 3 rings (SSSR count). The van der Waals surface area contributed by atoms with Gasteiger partial charge in [-0.15, -0.1) is 0 Å². The van der Waals surface area contributed by atoms with Crippen molar-refractivity contribution in [3.8, 4) is 0 Å². The van der Waals surface area contributed by atoms with Crippen LogP contribution < -0.4 is 10.2 Å². The highest BCUT2D eigenvalue weighted by atomic mass is 32.1. The summed E-state index contributed by atoms with van der Waals surface area (Å²) in [5, 5.41) is 3.92. The smallest absolute Gasteiger partial charge is 0.287 e. The Morgan fingerprint density at radius 2 is 2.33 bits per heavy atom. The van der Waals surface area contributed by atoms with Crippen molar-refractivity contribution in [2.24, 2.45) is 0 Å². The Morgan fingerprint density at radius 1 is 1.54 bits per heavy atom. The van der Waals surface area contributed by atoms with Gasteiger partial charge in [0, 0.05) is 31.7 Å². The number of amides is 1. The summed E-state index contributed by atoms with van der Waals surface area (Å²) in [7, 11) is 1.65. The van der Waals surface area contributed by atoms with Crippen LogP contribution in [-0.2, 0) is 10.3 Å². The molecule has 1 amide bonds. The van der Waals surface area contributed by atoms with Gasteiger partial charge in [0.2, 0.25) is 5.13 Å².